The Morgan fingerprint density at radius 1 is 0.955 bits per heavy atom. The topological polar surface area (TPSA) is 9.23 Å². The fraction of sp³-hybridized carbons (Fsp3) is 0.600. The summed E-state index contributed by atoms with van der Waals surface area (Å²) in [5.74, 6) is -0.304. The average molecular weight is 326 g/mol. The maximum Gasteiger partial charge on any atom is 0.410 e. The van der Waals surface area contributed by atoms with E-state index in [-0.39, 0.29) is 16.9 Å². The molecule has 0 amide bonds. The second-order valence-electron chi connectivity index (χ2n) is 6.57. The zero-order chi connectivity index (χ0) is 17.1. The lowest BCUT2D eigenvalue weighted by Gasteiger charge is -2.36. The monoisotopic (exact) mass is 326 g/mol. The first-order chi connectivity index (χ1) is 9.73. The van der Waals surface area contributed by atoms with Gasteiger partial charge in [-0.1, -0.05) is 32.9 Å². The third-order valence-corrected chi connectivity index (χ3v) is 3.99. The maximum absolute atomic E-state index is 13.5. The Morgan fingerprint density at radius 3 is 1.86 bits per heavy atom. The number of hydrogen-bond acceptors (Lipinski definition) is 1. The lowest BCUT2D eigenvalue weighted by atomic mass is 9.72. The summed E-state index contributed by atoms with van der Waals surface area (Å²) in [6.45, 7) is 4.70. The molecule has 1 heterocycles. The van der Waals surface area contributed by atoms with Crippen LogP contribution in [-0.4, -0.2) is 19.0 Å². The van der Waals surface area contributed by atoms with Gasteiger partial charge in [-0.2, -0.15) is 26.3 Å². The van der Waals surface area contributed by atoms with Crippen LogP contribution in [0.1, 0.15) is 37.5 Å². The molecule has 7 heteroatoms. The Balaban J connectivity index is 2.92. The third-order valence-electron chi connectivity index (χ3n) is 3.99. The van der Waals surface area contributed by atoms with E-state index in [9.17, 15) is 26.3 Å². The summed E-state index contributed by atoms with van der Waals surface area (Å²) in [7, 11) is 0. The number of halogens is 6. The molecule has 0 aliphatic carbocycles. The van der Waals surface area contributed by atoms with E-state index in [1.165, 1.54) is 19.1 Å². The number of fused-ring (bicyclic) bond motifs is 1. The van der Waals surface area contributed by atoms with Gasteiger partial charge in [0, 0.05) is 5.56 Å². The molecule has 1 nitrogen and oxygen atoms in total. The molecule has 0 aromatic heterocycles. The van der Waals surface area contributed by atoms with Gasteiger partial charge in [0.1, 0.15) is 12.4 Å². The van der Waals surface area contributed by atoms with Crippen LogP contribution in [0.4, 0.5) is 26.3 Å². The van der Waals surface area contributed by atoms with Crippen LogP contribution in [0.25, 0.3) is 0 Å². The van der Waals surface area contributed by atoms with Gasteiger partial charge >= 0.3 is 12.4 Å². The molecule has 0 atom stereocenters. The van der Waals surface area contributed by atoms with Gasteiger partial charge in [-0.15, -0.1) is 0 Å². The molecular formula is C15H16F6O. The van der Waals surface area contributed by atoms with Crippen LogP contribution in [0.3, 0.4) is 0 Å². The van der Waals surface area contributed by atoms with Crippen molar-refractivity contribution >= 4 is 0 Å². The van der Waals surface area contributed by atoms with Gasteiger partial charge in [0.2, 0.25) is 5.41 Å². The summed E-state index contributed by atoms with van der Waals surface area (Å²) in [4.78, 5) is 0. The van der Waals surface area contributed by atoms with E-state index in [1.54, 1.807) is 20.8 Å². The first-order valence-electron chi connectivity index (χ1n) is 6.64. The van der Waals surface area contributed by atoms with E-state index >= 15 is 0 Å². The third kappa shape index (κ3) is 2.16. The fourth-order valence-corrected chi connectivity index (χ4v) is 2.78. The zero-order valence-electron chi connectivity index (χ0n) is 12.5. The number of aryl methyl sites for hydroxylation is 1. The van der Waals surface area contributed by atoms with Gasteiger partial charge in [0.15, 0.2) is 0 Å². The van der Waals surface area contributed by atoms with E-state index in [1.807, 2.05) is 0 Å². The lowest BCUT2D eigenvalue weighted by Crippen LogP contribution is -2.56. The summed E-state index contributed by atoms with van der Waals surface area (Å²) in [5, 5.41) is 0. The van der Waals surface area contributed by atoms with E-state index in [0.717, 1.165) is 0 Å². The van der Waals surface area contributed by atoms with Gasteiger partial charge in [-0.25, -0.2) is 0 Å². The molecule has 0 N–H and O–H groups in total. The van der Waals surface area contributed by atoms with Gasteiger partial charge in [0.05, 0.1) is 0 Å². The molecular weight excluding hydrogens is 310 g/mol. The van der Waals surface area contributed by atoms with Crippen molar-refractivity contribution in [3.05, 3.63) is 28.8 Å². The summed E-state index contributed by atoms with van der Waals surface area (Å²) in [6, 6.07) is 2.82. The van der Waals surface area contributed by atoms with Crippen LogP contribution in [0, 0.1) is 6.92 Å². The smallest absolute Gasteiger partial charge is 0.410 e. The van der Waals surface area contributed by atoms with Crippen molar-refractivity contribution in [1.82, 2.24) is 0 Å². The standard InChI is InChI=1S/C15H16F6O/c1-8-5-6-9(12(2,3)4)10-11(8)22-7-13(10,14(16,17)18)15(19,20)21/h5-6H,7H2,1-4H3. The van der Waals surface area contributed by atoms with E-state index in [2.05, 4.69) is 0 Å². The molecule has 1 aromatic rings. The summed E-state index contributed by atoms with van der Waals surface area (Å²) < 4.78 is 85.8. The zero-order valence-corrected chi connectivity index (χ0v) is 12.5. The van der Waals surface area contributed by atoms with Crippen LogP contribution in [-0.2, 0) is 10.8 Å². The van der Waals surface area contributed by atoms with Crippen LogP contribution in [0.15, 0.2) is 12.1 Å². The molecule has 1 aliphatic rings. The molecule has 0 saturated heterocycles. The van der Waals surface area contributed by atoms with Crippen LogP contribution in [0.5, 0.6) is 5.75 Å². The summed E-state index contributed by atoms with van der Waals surface area (Å²) in [5.41, 5.74) is -5.39. The first-order valence-corrected chi connectivity index (χ1v) is 6.64. The van der Waals surface area contributed by atoms with Crippen molar-refractivity contribution in [3.63, 3.8) is 0 Å². The Hall–Kier alpha value is -1.40. The molecule has 22 heavy (non-hydrogen) atoms. The van der Waals surface area contributed by atoms with E-state index in [0.29, 0.717) is 0 Å². The minimum atomic E-state index is -5.50. The van der Waals surface area contributed by atoms with Crippen molar-refractivity contribution in [2.24, 2.45) is 0 Å². The largest absolute Gasteiger partial charge is 0.491 e. The van der Waals surface area contributed by atoms with Crippen LogP contribution >= 0.6 is 0 Å². The summed E-state index contributed by atoms with van der Waals surface area (Å²) in [6.07, 6.45) is -11.0. The van der Waals surface area contributed by atoms with Gasteiger partial charge in [0.25, 0.3) is 0 Å². The number of alkyl halides is 6. The number of benzene rings is 1. The van der Waals surface area contributed by atoms with Crippen molar-refractivity contribution in [1.29, 1.82) is 0 Å². The lowest BCUT2D eigenvalue weighted by molar-refractivity contribution is -0.304. The molecule has 0 fully saturated rings. The van der Waals surface area contributed by atoms with Gasteiger partial charge < -0.3 is 4.74 Å². The maximum atomic E-state index is 13.5. The number of rotatable bonds is 0. The molecule has 124 valence electrons. The SMILES string of the molecule is Cc1ccc(C(C)(C)C)c2c1OCC2(C(F)(F)F)C(F)(F)F. The average Bonchev–Trinajstić information content (AvgIpc) is 2.67. The Morgan fingerprint density at radius 2 is 1.45 bits per heavy atom. The van der Waals surface area contributed by atoms with Crippen molar-refractivity contribution in [3.8, 4) is 5.75 Å². The molecule has 0 spiro atoms. The Labute approximate surface area is 124 Å². The first kappa shape index (κ1) is 17.0. The van der Waals surface area contributed by atoms with Crippen molar-refractivity contribution in [2.75, 3.05) is 6.61 Å². The van der Waals surface area contributed by atoms with Gasteiger partial charge in [-0.05, 0) is 23.5 Å². The predicted octanol–water partition coefficient (Wildman–Crippen LogP) is 5.05. The highest BCUT2D eigenvalue weighted by Gasteiger charge is 2.75. The normalized spacial score (nSPS) is 18.1. The highest BCUT2D eigenvalue weighted by Crippen LogP contribution is 2.60. The van der Waals surface area contributed by atoms with Crippen LogP contribution in [0.2, 0.25) is 0 Å². The number of ether oxygens (including phenoxy) is 1. The molecule has 1 aromatic carbocycles. The van der Waals surface area contributed by atoms with E-state index < -0.39 is 35.4 Å². The fourth-order valence-electron chi connectivity index (χ4n) is 2.78. The highest BCUT2D eigenvalue weighted by atomic mass is 19.4. The highest BCUT2D eigenvalue weighted by molar-refractivity contribution is 5.57. The second kappa shape index (κ2) is 4.55. The second-order valence-corrected chi connectivity index (χ2v) is 6.57. The molecule has 1 aliphatic heterocycles. The molecule has 0 bridgehead atoms. The number of hydrogen-bond donors (Lipinski definition) is 0. The predicted molar refractivity (Wildman–Crippen MR) is 69.2 cm³/mol. The minimum absolute atomic E-state index is 0.000231. The summed E-state index contributed by atoms with van der Waals surface area (Å²) >= 11 is 0. The molecule has 0 saturated carbocycles. The molecule has 0 unspecified atom stereocenters. The van der Waals surface area contributed by atoms with Crippen molar-refractivity contribution in [2.45, 2.75) is 50.9 Å². The van der Waals surface area contributed by atoms with E-state index in [4.69, 9.17) is 4.74 Å². The Kier molecular flexibility index (Phi) is 3.51. The van der Waals surface area contributed by atoms with Gasteiger partial charge in [-0.3, -0.25) is 0 Å². The molecule has 0 radical (unpaired) electrons. The Bertz CT molecular complexity index is 578. The minimum Gasteiger partial charge on any atom is -0.491 e. The quantitative estimate of drug-likeness (QED) is 0.606. The molecule has 2 rings (SSSR count). The van der Waals surface area contributed by atoms with Crippen molar-refractivity contribution < 1.29 is 31.1 Å². The van der Waals surface area contributed by atoms with Crippen LogP contribution < -0.4 is 4.74 Å².